The SMILES string of the molecule is CCc1cc(Nc2ncn(-c3cc(F)cc(F)c3)n2)cc(N2CCN(C3(C)COC3)CC2)c1.[HH]. The van der Waals surface area contributed by atoms with E-state index in [2.05, 4.69) is 57.2 Å². The molecule has 1 aromatic heterocycles. The molecule has 3 heterocycles. The van der Waals surface area contributed by atoms with Crippen molar-refractivity contribution >= 4 is 17.3 Å². The molecule has 2 fully saturated rings. The summed E-state index contributed by atoms with van der Waals surface area (Å²) >= 11 is 0. The largest absolute Gasteiger partial charge is 0.377 e. The minimum atomic E-state index is -0.658. The average molecular weight is 457 g/mol. The monoisotopic (exact) mass is 456 g/mol. The number of piperazine rings is 1. The van der Waals surface area contributed by atoms with Crippen molar-refractivity contribution in [2.75, 3.05) is 49.6 Å². The number of aryl methyl sites for hydroxylation is 1. The summed E-state index contributed by atoms with van der Waals surface area (Å²) in [6, 6.07) is 9.68. The summed E-state index contributed by atoms with van der Waals surface area (Å²) in [6.45, 7) is 9.97. The van der Waals surface area contributed by atoms with Gasteiger partial charge in [0.15, 0.2) is 0 Å². The average Bonchev–Trinajstić information content (AvgIpc) is 3.25. The maximum atomic E-state index is 13.6. The van der Waals surface area contributed by atoms with Gasteiger partial charge in [-0.1, -0.05) is 6.92 Å². The zero-order chi connectivity index (χ0) is 23.0. The Morgan fingerprint density at radius 1 is 1.00 bits per heavy atom. The van der Waals surface area contributed by atoms with Gasteiger partial charge in [0.05, 0.1) is 24.4 Å². The minimum Gasteiger partial charge on any atom is -0.377 e. The van der Waals surface area contributed by atoms with Gasteiger partial charge in [0.2, 0.25) is 5.95 Å². The lowest BCUT2D eigenvalue weighted by Crippen LogP contribution is -2.64. The fourth-order valence-corrected chi connectivity index (χ4v) is 4.46. The van der Waals surface area contributed by atoms with Crippen LogP contribution in [0.4, 0.5) is 26.1 Å². The molecule has 3 aromatic rings. The number of hydrogen-bond acceptors (Lipinski definition) is 6. The Balaban J connectivity index is 0.00000274. The van der Waals surface area contributed by atoms with E-state index < -0.39 is 11.6 Å². The Bertz CT molecular complexity index is 1120. The molecule has 2 aromatic carbocycles. The molecular weight excluding hydrogens is 426 g/mol. The van der Waals surface area contributed by atoms with Gasteiger partial charge in [0, 0.05) is 45.0 Å². The molecule has 9 heteroatoms. The number of ether oxygens (including phenoxy) is 1. The van der Waals surface area contributed by atoms with Crippen LogP contribution in [-0.2, 0) is 11.2 Å². The first kappa shape index (κ1) is 21.8. The smallest absolute Gasteiger partial charge is 0.246 e. The molecule has 1 N–H and O–H groups in total. The van der Waals surface area contributed by atoms with Crippen LogP contribution in [-0.4, -0.2) is 64.6 Å². The standard InChI is InChI=1S/C24H28F2N6O.H2/c1-3-17-8-20(28-23-27-16-32(29-23)22-11-18(25)10-19(26)12-22)13-21(9-17)30-4-6-31(7-5-30)24(2)14-33-15-24;/h8-13,16H,3-7,14-15H2,1-2H3,(H,28,29);1H. The number of rotatable bonds is 6. The third-order valence-electron chi connectivity index (χ3n) is 6.48. The predicted molar refractivity (Wildman–Crippen MR) is 126 cm³/mol. The Morgan fingerprint density at radius 3 is 2.36 bits per heavy atom. The van der Waals surface area contributed by atoms with Gasteiger partial charge < -0.3 is 15.0 Å². The molecule has 2 aliphatic rings. The lowest BCUT2D eigenvalue weighted by Gasteiger charge is -2.50. The maximum absolute atomic E-state index is 13.6. The van der Waals surface area contributed by atoms with Crippen molar-refractivity contribution in [2.24, 2.45) is 0 Å². The topological polar surface area (TPSA) is 58.5 Å². The van der Waals surface area contributed by atoms with Crippen molar-refractivity contribution in [1.82, 2.24) is 19.7 Å². The summed E-state index contributed by atoms with van der Waals surface area (Å²) in [7, 11) is 0. The van der Waals surface area contributed by atoms with E-state index in [0.717, 1.165) is 63.3 Å². The second-order valence-electron chi connectivity index (χ2n) is 8.97. The van der Waals surface area contributed by atoms with Gasteiger partial charge in [-0.3, -0.25) is 4.90 Å². The van der Waals surface area contributed by atoms with E-state index in [1.807, 2.05) is 0 Å². The van der Waals surface area contributed by atoms with Gasteiger partial charge in [-0.25, -0.2) is 13.5 Å². The number of aromatic nitrogens is 3. The van der Waals surface area contributed by atoms with Crippen LogP contribution in [0.5, 0.6) is 0 Å². The third-order valence-corrected chi connectivity index (χ3v) is 6.48. The first-order valence-corrected chi connectivity index (χ1v) is 11.3. The van der Waals surface area contributed by atoms with Crippen molar-refractivity contribution in [3.63, 3.8) is 0 Å². The maximum Gasteiger partial charge on any atom is 0.246 e. The molecule has 0 saturated carbocycles. The Hall–Kier alpha value is -3.04. The van der Waals surface area contributed by atoms with E-state index in [4.69, 9.17) is 4.74 Å². The van der Waals surface area contributed by atoms with Crippen LogP contribution in [0, 0.1) is 11.6 Å². The van der Waals surface area contributed by atoms with Crippen LogP contribution in [0.2, 0.25) is 0 Å². The Kier molecular flexibility index (Phi) is 5.76. The molecule has 0 spiro atoms. The highest BCUT2D eigenvalue weighted by Crippen LogP contribution is 2.29. The number of benzene rings is 2. The number of nitrogens with zero attached hydrogens (tertiary/aromatic N) is 5. The molecule has 33 heavy (non-hydrogen) atoms. The van der Waals surface area contributed by atoms with Crippen LogP contribution in [0.15, 0.2) is 42.7 Å². The fourth-order valence-electron chi connectivity index (χ4n) is 4.46. The van der Waals surface area contributed by atoms with Gasteiger partial charge in [-0.2, -0.15) is 4.98 Å². The second-order valence-corrected chi connectivity index (χ2v) is 8.97. The lowest BCUT2D eigenvalue weighted by molar-refractivity contribution is -0.131. The van der Waals surface area contributed by atoms with E-state index in [1.165, 1.54) is 28.7 Å². The third kappa shape index (κ3) is 4.56. The molecule has 5 rings (SSSR count). The lowest BCUT2D eigenvalue weighted by atomic mass is 9.96. The van der Waals surface area contributed by atoms with Crippen LogP contribution in [0.3, 0.4) is 0 Å². The quantitative estimate of drug-likeness (QED) is 0.605. The summed E-state index contributed by atoms with van der Waals surface area (Å²) in [5.41, 5.74) is 3.72. The molecule has 0 bridgehead atoms. The van der Waals surface area contributed by atoms with Crippen molar-refractivity contribution in [1.29, 1.82) is 0 Å². The van der Waals surface area contributed by atoms with Crippen molar-refractivity contribution in [2.45, 2.75) is 25.8 Å². The van der Waals surface area contributed by atoms with Gasteiger partial charge in [-0.05, 0) is 49.2 Å². The molecule has 0 radical (unpaired) electrons. The number of anilines is 3. The predicted octanol–water partition coefficient (Wildman–Crippen LogP) is 4.01. The second kappa shape index (κ2) is 8.72. The number of hydrogen-bond donors (Lipinski definition) is 1. The molecule has 0 atom stereocenters. The van der Waals surface area contributed by atoms with Crippen LogP contribution in [0.1, 0.15) is 20.8 Å². The highest BCUT2D eigenvalue weighted by atomic mass is 19.1. The van der Waals surface area contributed by atoms with E-state index in [0.29, 0.717) is 5.95 Å². The summed E-state index contributed by atoms with van der Waals surface area (Å²) in [6.07, 6.45) is 2.34. The number of halogens is 2. The summed E-state index contributed by atoms with van der Waals surface area (Å²) in [4.78, 5) is 9.20. The van der Waals surface area contributed by atoms with Crippen LogP contribution >= 0.6 is 0 Å². The van der Waals surface area contributed by atoms with Gasteiger partial charge in [0.1, 0.15) is 18.0 Å². The van der Waals surface area contributed by atoms with Crippen molar-refractivity contribution < 1.29 is 14.9 Å². The molecule has 176 valence electrons. The minimum absolute atomic E-state index is 0. The molecule has 0 aliphatic carbocycles. The van der Waals surface area contributed by atoms with E-state index in [9.17, 15) is 8.78 Å². The van der Waals surface area contributed by atoms with Gasteiger partial charge in [-0.15, -0.1) is 5.10 Å². The zero-order valence-corrected chi connectivity index (χ0v) is 18.9. The Morgan fingerprint density at radius 2 is 1.73 bits per heavy atom. The van der Waals surface area contributed by atoms with Crippen LogP contribution in [0.25, 0.3) is 5.69 Å². The molecule has 0 unspecified atom stereocenters. The molecule has 7 nitrogen and oxygen atoms in total. The zero-order valence-electron chi connectivity index (χ0n) is 18.9. The fraction of sp³-hybridized carbons (Fsp3) is 0.417. The highest BCUT2D eigenvalue weighted by Gasteiger charge is 2.40. The molecule has 2 aliphatic heterocycles. The highest BCUT2D eigenvalue weighted by molar-refractivity contribution is 5.64. The Labute approximate surface area is 193 Å². The van der Waals surface area contributed by atoms with E-state index in [-0.39, 0.29) is 12.7 Å². The molecular formula is C24H30F2N6O. The van der Waals surface area contributed by atoms with E-state index >= 15 is 0 Å². The first-order chi connectivity index (χ1) is 15.9. The van der Waals surface area contributed by atoms with E-state index in [1.54, 1.807) is 0 Å². The molecule has 2 saturated heterocycles. The first-order valence-electron chi connectivity index (χ1n) is 11.3. The van der Waals surface area contributed by atoms with Crippen molar-refractivity contribution in [3.05, 3.63) is 59.9 Å². The summed E-state index contributed by atoms with van der Waals surface area (Å²) in [5.74, 6) is -0.954. The van der Waals surface area contributed by atoms with Crippen molar-refractivity contribution in [3.8, 4) is 5.69 Å². The summed E-state index contributed by atoms with van der Waals surface area (Å²) in [5, 5.41) is 7.58. The molecule has 0 amide bonds. The van der Waals surface area contributed by atoms with Gasteiger partial charge in [0.25, 0.3) is 0 Å². The normalized spacial score (nSPS) is 18.2. The van der Waals surface area contributed by atoms with Crippen LogP contribution < -0.4 is 10.2 Å². The number of nitrogens with one attached hydrogen (secondary N) is 1. The summed E-state index contributed by atoms with van der Waals surface area (Å²) < 4.78 is 33.9. The van der Waals surface area contributed by atoms with Gasteiger partial charge >= 0.3 is 0 Å².